The van der Waals surface area contributed by atoms with Crippen LogP contribution in [0, 0.1) is 6.92 Å². The molecule has 0 spiro atoms. The summed E-state index contributed by atoms with van der Waals surface area (Å²) in [6.45, 7) is 2.60. The maximum atomic E-state index is 5.96. The molecule has 120 valence electrons. The number of benzene rings is 3. The van der Waals surface area contributed by atoms with Gasteiger partial charge < -0.3 is 4.74 Å². The minimum atomic E-state index is 0.530. The maximum absolute atomic E-state index is 5.96. The van der Waals surface area contributed by atoms with Gasteiger partial charge in [0.15, 0.2) is 0 Å². The number of halogens is 1. The Hall–Kier alpha value is -2.39. The molecule has 3 aromatic carbocycles. The van der Waals surface area contributed by atoms with Gasteiger partial charge in [0.25, 0.3) is 0 Å². The lowest BCUT2D eigenvalue weighted by atomic mass is 10.2. The summed E-state index contributed by atoms with van der Waals surface area (Å²) in [4.78, 5) is 4.53. The molecule has 0 aliphatic heterocycles. The van der Waals surface area contributed by atoms with Crippen LogP contribution in [0.25, 0.3) is 0 Å². The van der Waals surface area contributed by atoms with E-state index in [9.17, 15) is 0 Å². The molecule has 0 aromatic heterocycles. The van der Waals surface area contributed by atoms with Gasteiger partial charge in [0.2, 0.25) is 0 Å². The van der Waals surface area contributed by atoms with Gasteiger partial charge in [-0.05, 0) is 48.9 Å². The molecule has 3 rings (SSSR count). The van der Waals surface area contributed by atoms with E-state index in [0.29, 0.717) is 6.61 Å². The molecule has 0 amide bonds. The van der Waals surface area contributed by atoms with Crippen LogP contribution in [0.3, 0.4) is 0 Å². The van der Waals surface area contributed by atoms with Crippen molar-refractivity contribution < 1.29 is 4.74 Å². The molecule has 0 saturated heterocycles. The van der Waals surface area contributed by atoms with Crippen LogP contribution in [0.1, 0.15) is 16.7 Å². The van der Waals surface area contributed by atoms with E-state index in [1.54, 1.807) is 0 Å². The second kappa shape index (κ2) is 7.93. The molecule has 0 fully saturated rings. The summed E-state index contributed by atoms with van der Waals surface area (Å²) in [7, 11) is 0. The van der Waals surface area contributed by atoms with Crippen LogP contribution < -0.4 is 4.74 Å². The van der Waals surface area contributed by atoms with Crippen molar-refractivity contribution in [2.45, 2.75) is 13.5 Å². The van der Waals surface area contributed by atoms with Crippen molar-refractivity contribution in [3.8, 4) is 5.75 Å². The van der Waals surface area contributed by atoms with Gasteiger partial charge in [-0.25, -0.2) is 0 Å². The van der Waals surface area contributed by atoms with E-state index in [-0.39, 0.29) is 0 Å². The van der Waals surface area contributed by atoms with E-state index in [4.69, 9.17) is 4.74 Å². The van der Waals surface area contributed by atoms with Crippen molar-refractivity contribution in [2.24, 2.45) is 4.99 Å². The van der Waals surface area contributed by atoms with Crippen molar-refractivity contribution in [1.82, 2.24) is 0 Å². The second-order valence-electron chi connectivity index (χ2n) is 5.55. The summed E-state index contributed by atoms with van der Waals surface area (Å²) in [5, 5.41) is 0. The lowest BCUT2D eigenvalue weighted by molar-refractivity contribution is 0.306. The van der Waals surface area contributed by atoms with E-state index in [0.717, 1.165) is 27.0 Å². The zero-order valence-corrected chi connectivity index (χ0v) is 15.0. The maximum Gasteiger partial charge on any atom is 0.128 e. The summed E-state index contributed by atoms with van der Waals surface area (Å²) in [5.41, 5.74) is 4.26. The molecule has 24 heavy (non-hydrogen) atoms. The fourth-order valence-corrected chi connectivity index (χ4v) is 2.50. The quantitative estimate of drug-likeness (QED) is 0.491. The first-order valence-corrected chi connectivity index (χ1v) is 8.57. The molecule has 0 heterocycles. The number of hydrogen-bond donors (Lipinski definition) is 0. The third-order valence-corrected chi connectivity index (χ3v) is 4.14. The molecule has 0 N–H and O–H groups in total. The van der Waals surface area contributed by atoms with Gasteiger partial charge >= 0.3 is 0 Å². The Morgan fingerprint density at radius 1 is 0.917 bits per heavy atom. The molecule has 3 aromatic rings. The highest BCUT2D eigenvalue weighted by atomic mass is 79.9. The Morgan fingerprint density at radius 3 is 2.38 bits per heavy atom. The Kier molecular flexibility index (Phi) is 5.44. The largest absolute Gasteiger partial charge is 0.488 e. The van der Waals surface area contributed by atoms with E-state index in [2.05, 4.69) is 40.0 Å². The van der Waals surface area contributed by atoms with Gasteiger partial charge in [-0.15, -0.1) is 0 Å². The zero-order chi connectivity index (χ0) is 16.8. The molecule has 0 bridgehead atoms. The number of aliphatic imine (C=N–C) groups is 1. The lowest BCUT2D eigenvalue weighted by Crippen LogP contribution is -1.98. The second-order valence-corrected chi connectivity index (χ2v) is 6.46. The van der Waals surface area contributed by atoms with Gasteiger partial charge in [0, 0.05) is 16.3 Å². The minimum absolute atomic E-state index is 0.530. The number of rotatable bonds is 5. The topological polar surface area (TPSA) is 21.6 Å². The van der Waals surface area contributed by atoms with E-state index >= 15 is 0 Å². The average molecular weight is 380 g/mol. The molecule has 0 radical (unpaired) electrons. The van der Waals surface area contributed by atoms with Gasteiger partial charge in [-0.1, -0.05) is 57.9 Å². The van der Waals surface area contributed by atoms with Crippen molar-refractivity contribution in [3.05, 3.63) is 94.0 Å². The molecule has 3 heteroatoms. The van der Waals surface area contributed by atoms with Gasteiger partial charge in [0.1, 0.15) is 12.4 Å². The molecular formula is C21H18BrNO. The van der Waals surface area contributed by atoms with E-state index < -0.39 is 0 Å². The summed E-state index contributed by atoms with van der Waals surface area (Å²) < 4.78 is 7.03. The number of nitrogens with zero attached hydrogens (tertiary/aromatic N) is 1. The van der Waals surface area contributed by atoms with Crippen LogP contribution in [0.5, 0.6) is 5.75 Å². The molecule has 0 aliphatic carbocycles. The van der Waals surface area contributed by atoms with Gasteiger partial charge in [-0.2, -0.15) is 0 Å². The molecule has 0 saturated carbocycles. The molecular weight excluding hydrogens is 362 g/mol. The number of aryl methyl sites for hydroxylation is 1. The molecule has 0 atom stereocenters. The van der Waals surface area contributed by atoms with Crippen LogP contribution in [-0.4, -0.2) is 6.21 Å². The third kappa shape index (κ3) is 4.56. The first-order valence-electron chi connectivity index (χ1n) is 7.78. The average Bonchev–Trinajstić information content (AvgIpc) is 2.61. The number of ether oxygens (including phenoxy) is 1. The molecule has 0 unspecified atom stereocenters. The van der Waals surface area contributed by atoms with Crippen molar-refractivity contribution in [3.63, 3.8) is 0 Å². The number of hydrogen-bond acceptors (Lipinski definition) is 2. The SMILES string of the molecule is Cc1ccc(N=Cc2ccccc2OCc2ccc(Br)cc2)cc1. The van der Waals surface area contributed by atoms with E-state index in [1.165, 1.54) is 5.56 Å². The summed E-state index contributed by atoms with van der Waals surface area (Å²) in [6.07, 6.45) is 1.85. The minimum Gasteiger partial charge on any atom is -0.488 e. The van der Waals surface area contributed by atoms with Crippen LogP contribution in [0.2, 0.25) is 0 Å². The normalized spacial score (nSPS) is 10.9. The Bertz CT molecular complexity index is 823. The van der Waals surface area contributed by atoms with Crippen molar-refractivity contribution in [2.75, 3.05) is 0 Å². The Morgan fingerprint density at radius 2 is 1.62 bits per heavy atom. The van der Waals surface area contributed by atoms with Crippen LogP contribution in [0.4, 0.5) is 5.69 Å². The van der Waals surface area contributed by atoms with E-state index in [1.807, 2.05) is 66.9 Å². The van der Waals surface area contributed by atoms with Crippen LogP contribution in [-0.2, 0) is 6.61 Å². The predicted molar refractivity (Wildman–Crippen MR) is 103 cm³/mol. The highest BCUT2D eigenvalue weighted by Crippen LogP contribution is 2.20. The van der Waals surface area contributed by atoms with Crippen LogP contribution in [0.15, 0.2) is 82.3 Å². The Labute approximate surface area is 151 Å². The highest BCUT2D eigenvalue weighted by Gasteiger charge is 2.01. The highest BCUT2D eigenvalue weighted by molar-refractivity contribution is 9.10. The molecule has 0 aliphatic rings. The van der Waals surface area contributed by atoms with Crippen molar-refractivity contribution >= 4 is 27.8 Å². The third-order valence-electron chi connectivity index (χ3n) is 3.61. The van der Waals surface area contributed by atoms with Crippen LogP contribution >= 0.6 is 15.9 Å². The van der Waals surface area contributed by atoms with Gasteiger partial charge in [0.05, 0.1) is 5.69 Å². The standard InChI is InChI=1S/C21H18BrNO/c1-16-6-12-20(13-7-16)23-14-18-4-2-3-5-21(18)24-15-17-8-10-19(22)11-9-17/h2-14H,15H2,1H3. The number of para-hydroxylation sites is 1. The molecule has 2 nitrogen and oxygen atoms in total. The summed E-state index contributed by atoms with van der Waals surface area (Å²) in [6, 6.07) is 24.2. The van der Waals surface area contributed by atoms with Crippen molar-refractivity contribution in [1.29, 1.82) is 0 Å². The zero-order valence-electron chi connectivity index (χ0n) is 13.4. The lowest BCUT2D eigenvalue weighted by Gasteiger charge is -2.09. The first-order chi connectivity index (χ1) is 11.7. The van der Waals surface area contributed by atoms with Gasteiger partial charge in [-0.3, -0.25) is 4.99 Å². The summed E-state index contributed by atoms with van der Waals surface area (Å²) >= 11 is 3.44. The fourth-order valence-electron chi connectivity index (χ4n) is 2.24. The monoisotopic (exact) mass is 379 g/mol. The first kappa shape index (κ1) is 16.5. The smallest absolute Gasteiger partial charge is 0.128 e. The Balaban J connectivity index is 1.72. The summed E-state index contributed by atoms with van der Waals surface area (Å²) in [5.74, 6) is 0.830. The fraction of sp³-hybridized carbons (Fsp3) is 0.0952. The predicted octanol–water partition coefficient (Wildman–Crippen LogP) is 6.09.